The maximum absolute atomic E-state index is 13.6. The van der Waals surface area contributed by atoms with E-state index in [1.807, 2.05) is 6.92 Å². The minimum Gasteiger partial charge on any atom is -0.396 e. The highest BCUT2D eigenvalue weighted by Gasteiger charge is 2.41. The molecule has 1 atom stereocenters. The van der Waals surface area contributed by atoms with E-state index in [2.05, 4.69) is 21.2 Å². The summed E-state index contributed by atoms with van der Waals surface area (Å²) in [5, 5.41) is 12.5. The van der Waals surface area contributed by atoms with Gasteiger partial charge in [-0.05, 0) is 38.0 Å². The topological polar surface area (TPSA) is 32.3 Å². The quantitative estimate of drug-likeness (QED) is 0.876. The highest BCUT2D eigenvalue weighted by Crippen LogP contribution is 2.44. The van der Waals surface area contributed by atoms with E-state index in [0.29, 0.717) is 5.56 Å². The van der Waals surface area contributed by atoms with Crippen LogP contribution in [0.4, 0.5) is 4.39 Å². The standard InChI is InChI=1S/C13H17BrFNO/c1-9(16-7-13(8-17)4-5-13)11-6-10(14)2-3-12(11)15/h2-3,6,9,16-17H,4-5,7-8H2,1H3. The molecule has 1 saturated carbocycles. The number of rotatable bonds is 5. The second kappa shape index (κ2) is 5.04. The predicted octanol–water partition coefficient (Wildman–Crippen LogP) is 3.01. The summed E-state index contributed by atoms with van der Waals surface area (Å²) in [6.45, 7) is 2.91. The molecule has 2 N–H and O–H groups in total. The van der Waals surface area contributed by atoms with Crippen LogP contribution in [-0.2, 0) is 0 Å². The van der Waals surface area contributed by atoms with Crippen LogP contribution < -0.4 is 5.32 Å². The molecule has 1 aliphatic rings. The fourth-order valence-corrected chi connectivity index (χ4v) is 2.27. The van der Waals surface area contributed by atoms with Gasteiger partial charge in [0, 0.05) is 34.6 Å². The SMILES string of the molecule is CC(NCC1(CO)CC1)c1cc(Br)ccc1F. The predicted molar refractivity (Wildman–Crippen MR) is 69.3 cm³/mol. The van der Waals surface area contributed by atoms with Crippen molar-refractivity contribution in [3.05, 3.63) is 34.1 Å². The zero-order valence-electron chi connectivity index (χ0n) is 9.84. The lowest BCUT2D eigenvalue weighted by molar-refractivity contribution is 0.204. The number of hydrogen-bond donors (Lipinski definition) is 2. The largest absolute Gasteiger partial charge is 0.396 e. The molecule has 1 aliphatic carbocycles. The first-order valence-electron chi connectivity index (χ1n) is 5.85. The molecular weight excluding hydrogens is 285 g/mol. The molecule has 1 fully saturated rings. The number of nitrogens with one attached hydrogen (secondary N) is 1. The van der Waals surface area contributed by atoms with Crippen LogP contribution in [0.3, 0.4) is 0 Å². The molecule has 17 heavy (non-hydrogen) atoms. The third-order valence-electron chi connectivity index (χ3n) is 3.50. The molecule has 94 valence electrons. The molecule has 1 aromatic carbocycles. The van der Waals surface area contributed by atoms with E-state index in [0.717, 1.165) is 23.9 Å². The summed E-state index contributed by atoms with van der Waals surface area (Å²) >= 11 is 3.35. The Morgan fingerprint density at radius 2 is 2.24 bits per heavy atom. The van der Waals surface area contributed by atoms with E-state index >= 15 is 0 Å². The van der Waals surface area contributed by atoms with E-state index in [9.17, 15) is 9.50 Å². The number of aliphatic hydroxyl groups is 1. The molecule has 4 heteroatoms. The van der Waals surface area contributed by atoms with Gasteiger partial charge in [0.05, 0.1) is 0 Å². The second-order valence-electron chi connectivity index (χ2n) is 4.93. The van der Waals surface area contributed by atoms with E-state index in [1.54, 1.807) is 12.1 Å². The average molecular weight is 302 g/mol. The number of benzene rings is 1. The summed E-state index contributed by atoms with van der Waals surface area (Å²) in [6, 6.07) is 4.92. The normalized spacial score (nSPS) is 19.1. The number of halogens is 2. The summed E-state index contributed by atoms with van der Waals surface area (Å²) in [4.78, 5) is 0. The Bertz CT molecular complexity index is 406. The van der Waals surface area contributed by atoms with Gasteiger partial charge in [0.2, 0.25) is 0 Å². The molecular formula is C13H17BrFNO. The Balaban J connectivity index is 1.99. The summed E-state index contributed by atoms with van der Waals surface area (Å²) in [5.74, 6) is -0.193. The third kappa shape index (κ3) is 3.06. The van der Waals surface area contributed by atoms with Crippen LogP contribution >= 0.6 is 15.9 Å². The van der Waals surface area contributed by atoms with E-state index in [-0.39, 0.29) is 23.9 Å². The van der Waals surface area contributed by atoms with Crippen LogP contribution in [-0.4, -0.2) is 18.3 Å². The first kappa shape index (κ1) is 13.0. The minimum absolute atomic E-state index is 0.0449. The molecule has 2 nitrogen and oxygen atoms in total. The van der Waals surface area contributed by atoms with Gasteiger partial charge in [-0.25, -0.2) is 4.39 Å². The van der Waals surface area contributed by atoms with E-state index < -0.39 is 0 Å². The Morgan fingerprint density at radius 1 is 1.53 bits per heavy atom. The molecule has 0 heterocycles. The summed E-state index contributed by atoms with van der Waals surface area (Å²) < 4.78 is 14.5. The minimum atomic E-state index is -0.193. The highest BCUT2D eigenvalue weighted by molar-refractivity contribution is 9.10. The molecule has 2 rings (SSSR count). The fraction of sp³-hybridized carbons (Fsp3) is 0.538. The fourth-order valence-electron chi connectivity index (χ4n) is 1.89. The summed E-state index contributed by atoms with van der Waals surface area (Å²) in [6.07, 6.45) is 2.12. The van der Waals surface area contributed by atoms with Gasteiger partial charge >= 0.3 is 0 Å². The maximum Gasteiger partial charge on any atom is 0.128 e. The maximum atomic E-state index is 13.6. The molecule has 0 bridgehead atoms. The van der Waals surface area contributed by atoms with Crippen molar-refractivity contribution in [2.45, 2.75) is 25.8 Å². The van der Waals surface area contributed by atoms with Crippen molar-refractivity contribution in [2.75, 3.05) is 13.2 Å². The molecule has 0 spiro atoms. The van der Waals surface area contributed by atoms with Crippen molar-refractivity contribution >= 4 is 15.9 Å². The van der Waals surface area contributed by atoms with Crippen molar-refractivity contribution in [3.63, 3.8) is 0 Å². The van der Waals surface area contributed by atoms with Crippen LogP contribution in [0.15, 0.2) is 22.7 Å². The lowest BCUT2D eigenvalue weighted by Crippen LogP contribution is -2.29. The van der Waals surface area contributed by atoms with Gasteiger partial charge in [-0.1, -0.05) is 15.9 Å². The van der Waals surface area contributed by atoms with Gasteiger partial charge in [-0.3, -0.25) is 0 Å². The zero-order valence-corrected chi connectivity index (χ0v) is 11.4. The smallest absolute Gasteiger partial charge is 0.128 e. The Morgan fingerprint density at radius 3 is 2.82 bits per heavy atom. The van der Waals surface area contributed by atoms with Gasteiger partial charge in [0.15, 0.2) is 0 Å². The Hall–Kier alpha value is -0.450. The zero-order chi connectivity index (χ0) is 12.5. The molecule has 0 aromatic heterocycles. The number of hydrogen-bond acceptors (Lipinski definition) is 2. The van der Waals surface area contributed by atoms with Gasteiger partial charge in [0.25, 0.3) is 0 Å². The van der Waals surface area contributed by atoms with Crippen molar-refractivity contribution in [1.82, 2.24) is 5.32 Å². The van der Waals surface area contributed by atoms with Crippen LogP contribution in [0.5, 0.6) is 0 Å². The Labute approximate surface area is 109 Å². The molecule has 0 saturated heterocycles. The monoisotopic (exact) mass is 301 g/mol. The third-order valence-corrected chi connectivity index (χ3v) is 3.99. The van der Waals surface area contributed by atoms with Crippen molar-refractivity contribution in [2.24, 2.45) is 5.41 Å². The number of aliphatic hydroxyl groups excluding tert-OH is 1. The average Bonchev–Trinajstić information content (AvgIpc) is 3.10. The van der Waals surface area contributed by atoms with Gasteiger partial charge in [-0.15, -0.1) is 0 Å². The lowest BCUT2D eigenvalue weighted by Gasteiger charge is -2.19. The van der Waals surface area contributed by atoms with Crippen LogP contribution in [0.2, 0.25) is 0 Å². The molecule has 0 amide bonds. The second-order valence-corrected chi connectivity index (χ2v) is 5.84. The van der Waals surface area contributed by atoms with Gasteiger partial charge < -0.3 is 10.4 Å². The van der Waals surface area contributed by atoms with Crippen LogP contribution in [0.1, 0.15) is 31.4 Å². The van der Waals surface area contributed by atoms with Gasteiger partial charge in [-0.2, -0.15) is 0 Å². The van der Waals surface area contributed by atoms with Crippen molar-refractivity contribution in [3.8, 4) is 0 Å². The summed E-state index contributed by atoms with van der Waals surface area (Å²) in [7, 11) is 0. The highest BCUT2D eigenvalue weighted by atomic mass is 79.9. The van der Waals surface area contributed by atoms with Crippen LogP contribution in [0, 0.1) is 11.2 Å². The lowest BCUT2D eigenvalue weighted by atomic mass is 10.1. The first-order chi connectivity index (χ1) is 8.06. The van der Waals surface area contributed by atoms with E-state index in [4.69, 9.17) is 0 Å². The summed E-state index contributed by atoms with van der Waals surface area (Å²) in [5.41, 5.74) is 0.713. The van der Waals surface area contributed by atoms with Gasteiger partial charge in [0.1, 0.15) is 5.82 Å². The Kier molecular flexibility index (Phi) is 3.85. The van der Waals surface area contributed by atoms with E-state index in [1.165, 1.54) is 6.07 Å². The van der Waals surface area contributed by atoms with Crippen molar-refractivity contribution < 1.29 is 9.50 Å². The molecule has 0 aliphatic heterocycles. The molecule has 1 aromatic rings. The molecule has 1 unspecified atom stereocenters. The van der Waals surface area contributed by atoms with Crippen molar-refractivity contribution in [1.29, 1.82) is 0 Å². The van der Waals surface area contributed by atoms with Crippen LogP contribution in [0.25, 0.3) is 0 Å². The molecule has 0 radical (unpaired) electrons. The first-order valence-corrected chi connectivity index (χ1v) is 6.65.